The molecule has 2 aliphatic rings. The summed E-state index contributed by atoms with van der Waals surface area (Å²) < 4.78 is 79.4. The van der Waals surface area contributed by atoms with Gasteiger partial charge in [-0.2, -0.15) is 8.78 Å². The number of alkyl halides is 4. The van der Waals surface area contributed by atoms with Gasteiger partial charge < -0.3 is 25.6 Å². The number of rotatable bonds is 10. The Morgan fingerprint density at radius 3 is 2.50 bits per heavy atom. The molecule has 1 aliphatic heterocycles. The number of primary amides is 1. The van der Waals surface area contributed by atoms with Gasteiger partial charge in [-0.05, 0) is 79.8 Å². The van der Waals surface area contributed by atoms with Crippen molar-refractivity contribution in [2.45, 2.75) is 43.8 Å². The summed E-state index contributed by atoms with van der Waals surface area (Å²) in [5.41, 5.74) is 1.52. The second-order valence-electron chi connectivity index (χ2n) is 11.5. The van der Waals surface area contributed by atoms with Gasteiger partial charge in [0.05, 0.1) is 12.2 Å². The smallest absolute Gasteiger partial charge is 0.387 e. The standard InChI is InChI=1S/C32H27F5N4O5/c1-15-8-17-9-18(10-22(46-30(36)37)24(17)39-12-15)27(42)40-13-32(44,19-4-5-19)23-11-21-26(45-14-31(21,28(34)35)29(38)43)25(41-23)16-2-6-20(33)7-3-16/h2-3,6-12,19,28,30,44H,4-5,13-14H2,1H3,(H2,38,43)(H,40,42)/t31-,32-/m1/s1. The summed E-state index contributed by atoms with van der Waals surface area (Å²) in [6.45, 7) is -2.71. The Labute approximate surface area is 258 Å². The van der Waals surface area contributed by atoms with Gasteiger partial charge in [-0.3, -0.25) is 14.6 Å². The molecule has 0 bridgehead atoms. The number of nitrogens with one attached hydrogen (secondary N) is 1. The van der Waals surface area contributed by atoms with E-state index in [9.17, 15) is 36.6 Å². The van der Waals surface area contributed by atoms with Gasteiger partial charge in [-0.1, -0.05) is 0 Å². The van der Waals surface area contributed by atoms with Crippen LogP contribution in [0.25, 0.3) is 22.2 Å². The lowest BCUT2D eigenvalue weighted by Gasteiger charge is -2.30. The van der Waals surface area contributed by atoms with E-state index in [2.05, 4.69) is 20.0 Å². The third kappa shape index (κ3) is 5.36. The van der Waals surface area contributed by atoms with E-state index in [1.165, 1.54) is 24.4 Å². The van der Waals surface area contributed by atoms with Crippen LogP contribution < -0.4 is 20.5 Å². The van der Waals surface area contributed by atoms with E-state index < -0.39 is 60.8 Å². The second kappa shape index (κ2) is 11.5. The highest BCUT2D eigenvalue weighted by Crippen LogP contribution is 2.51. The van der Waals surface area contributed by atoms with E-state index in [0.29, 0.717) is 23.8 Å². The zero-order valence-corrected chi connectivity index (χ0v) is 24.2. The minimum Gasteiger partial charge on any atom is -0.489 e. The van der Waals surface area contributed by atoms with Gasteiger partial charge in [0, 0.05) is 28.3 Å². The van der Waals surface area contributed by atoms with Gasteiger partial charge in [0.1, 0.15) is 35.0 Å². The Morgan fingerprint density at radius 1 is 1.15 bits per heavy atom. The molecule has 0 unspecified atom stereocenters. The maximum absolute atomic E-state index is 14.6. The molecule has 2 aromatic heterocycles. The Balaban J connectivity index is 1.41. The molecule has 0 spiro atoms. The molecule has 4 aromatic rings. The van der Waals surface area contributed by atoms with E-state index in [0.717, 1.165) is 24.3 Å². The summed E-state index contributed by atoms with van der Waals surface area (Å²) in [5.74, 6) is -3.65. The number of ether oxygens (including phenoxy) is 2. The molecule has 4 N–H and O–H groups in total. The van der Waals surface area contributed by atoms with Gasteiger partial charge in [-0.25, -0.2) is 18.2 Å². The first kappa shape index (κ1) is 31.1. The van der Waals surface area contributed by atoms with Crippen molar-refractivity contribution in [3.05, 3.63) is 82.9 Å². The number of aliphatic hydroxyl groups is 1. The molecule has 2 aromatic carbocycles. The van der Waals surface area contributed by atoms with Crippen LogP contribution in [0.3, 0.4) is 0 Å². The van der Waals surface area contributed by atoms with Crippen molar-refractivity contribution in [2.75, 3.05) is 13.2 Å². The maximum Gasteiger partial charge on any atom is 0.387 e. The molecule has 1 saturated carbocycles. The van der Waals surface area contributed by atoms with Crippen molar-refractivity contribution >= 4 is 22.7 Å². The van der Waals surface area contributed by atoms with Gasteiger partial charge in [0.15, 0.2) is 11.2 Å². The summed E-state index contributed by atoms with van der Waals surface area (Å²) >= 11 is 0. The number of carbonyl (C=O) groups is 2. The van der Waals surface area contributed by atoms with Crippen LogP contribution in [0.2, 0.25) is 0 Å². The lowest BCUT2D eigenvalue weighted by Crippen LogP contribution is -2.49. The van der Waals surface area contributed by atoms with Crippen molar-refractivity contribution in [3.8, 4) is 22.8 Å². The minimum absolute atomic E-state index is 0.0344. The molecule has 0 saturated heterocycles. The number of nitrogens with zero attached hydrogens (tertiary/aromatic N) is 2. The topological polar surface area (TPSA) is 137 Å². The molecule has 6 rings (SSSR count). The van der Waals surface area contributed by atoms with Crippen LogP contribution in [-0.4, -0.2) is 53.1 Å². The van der Waals surface area contributed by atoms with Crippen LogP contribution in [0.1, 0.15) is 40.0 Å². The molecular weight excluding hydrogens is 615 g/mol. The molecule has 1 fully saturated rings. The Hall–Kier alpha value is -4.85. The zero-order chi connectivity index (χ0) is 33.0. The molecule has 1 aliphatic carbocycles. The van der Waals surface area contributed by atoms with Crippen LogP contribution in [0.4, 0.5) is 22.0 Å². The fourth-order valence-corrected chi connectivity index (χ4v) is 5.76. The van der Waals surface area contributed by atoms with Crippen molar-refractivity contribution in [1.82, 2.24) is 15.3 Å². The number of halogens is 5. The largest absolute Gasteiger partial charge is 0.489 e. The summed E-state index contributed by atoms with van der Waals surface area (Å²) in [6, 6.07) is 10.2. The van der Waals surface area contributed by atoms with Gasteiger partial charge in [0.25, 0.3) is 12.3 Å². The molecule has 46 heavy (non-hydrogen) atoms. The lowest BCUT2D eigenvalue weighted by atomic mass is 9.79. The molecule has 3 heterocycles. The number of hydrogen-bond donors (Lipinski definition) is 3. The van der Waals surface area contributed by atoms with Gasteiger partial charge in [-0.15, -0.1) is 0 Å². The monoisotopic (exact) mass is 642 g/mol. The van der Waals surface area contributed by atoms with Crippen molar-refractivity contribution in [1.29, 1.82) is 0 Å². The van der Waals surface area contributed by atoms with Crippen molar-refractivity contribution < 1.29 is 46.1 Å². The molecular formula is C32H27F5N4O5. The second-order valence-corrected chi connectivity index (χ2v) is 11.5. The Kier molecular flexibility index (Phi) is 7.79. The van der Waals surface area contributed by atoms with E-state index >= 15 is 0 Å². The first-order chi connectivity index (χ1) is 21.8. The average Bonchev–Trinajstić information content (AvgIpc) is 3.79. The number of nitrogens with two attached hydrogens (primary N) is 1. The number of aromatic nitrogens is 2. The number of hydrogen-bond acceptors (Lipinski definition) is 7. The fraction of sp³-hybridized carbons (Fsp3) is 0.312. The first-order valence-corrected chi connectivity index (χ1v) is 14.2. The highest BCUT2D eigenvalue weighted by atomic mass is 19.3. The first-order valence-electron chi connectivity index (χ1n) is 14.2. The Bertz CT molecular complexity index is 1850. The van der Waals surface area contributed by atoms with Crippen molar-refractivity contribution in [3.63, 3.8) is 0 Å². The lowest BCUT2D eigenvalue weighted by molar-refractivity contribution is -0.130. The van der Waals surface area contributed by atoms with Crippen LogP contribution in [0.5, 0.6) is 11.5 Å². The predicted octanol–water partition coefficient (Wildman–Crippen LogP) is 4.75. The van der Waals surface area contributed by atoms with E-state index in [4.69, 9.17) is 10.5 Å². The molecule has 240 valence electrons. The number of benzene rings is 2. The van der Waals surface area contributed by atoms with Gasteiger partial charge >= 0.3 is 6.61 Å². The zero-order valence-electron chi connectivity index (χ0n) is 24.2. The SMILES string of the molecule is Cc1cnc2c(OC(F)F)cc(C(=O)NC[C@](O)(c3cc4c(c(-c5ccc(F)cc5)n3)OC[C@]4(C(N)=O)C(F)F)C3CC3)cc2c1. The third-order valence-electron chi connectivity index (χ3n) is 8.41. The molecule has 0 radical (unpaired) electrons. The summed E-state index contributed by atoms with van der Waals surface area (Å²) in [6.07, 6.45) is -0.828. The number of carbonyl (C=O) groups excluding carboxylic acids is 2. The summed E-state index contributed by atoms with van der Waals surface area (Å²) in [5, 5.41) is 15.0. The normalized spacial score (nSPS) is 18.7. The number of aryl methyl sites for hydroxylation is 1. The van der Waals surface area contributed by atoms with Crippen molar-refractivity contribution in [2.24, 2.45) is 11.7 Å². The Morgan fingerprint density at radius 2 is 1.87 bits per heavy atom. The minimum atomic E-state index is -3.29. The quantitative estimate of drug-likeness (QED) is 0.212. The van der Waals surface area contributed by atoms with E-state index in [-0.39, 0.29) is 45.1 Å². The summed E-state index contributed by atoms with van der Waals surface area (Å²) in [4.78, 5) is 34.6. The predicted molar refractivity (Wildman–Crippen MR) is 154 cm³/mol. The number of amides is 2. The van der Waals surface area contributed by atoms with Crippen LogP contribution in [0.15, 0.2) is 54.7 Å². The third-order valence-corrected chi connectivity index (χ3v) is 8.41. The summed E-state index contributed by atoms with van der Waals surface area (Å²) in [7, 11) is 0. The molecule has 9 nitrogen and oxygen atoms in total. The number of fused-ring (bicyclic) bond motifs is 2. The number of pyridine rings is 2. The molecule has 2 amide bonds. The molecule has 2 atom stereocenters. The van der Waals surface area contributed by atoms with Gasteiger partial charge in [0.2, 0.25) is 5.91 Å². The van der Waals surface area contributed by atoms with E-state index in [1.54, 1.807) is 13.0 Å². The van der Waals surface area contributed by atoms with Crippen LogP contribution >= 0.6 is 0 Å². The van der Waals surface area contributed by atoms with Crippen LogP contribution in [0, 0.1) is 18.7 Å². The molecule has 14 heteroatoms. The van der Waals surface area contributed by atoms with Crippen LogP contribution in [-0.2, 0) is 15.8 Å². The average molecular weight is 643 g/mol. The fourth-order valence-electron chi connectivity index (χ4n) is 5.76. The maximum atomic E-state index is 14.6. The highest BCUT2D eigenvalue weighted by molar-refractivity contribution is 6.00. The van der Waals surface area contributed by atoms with E-state index in [1.807, 2.05) is 0 Å². The highest BCUT2D eigenvalue weighted by Gasteiger charge is 2.56.